The summed E-state index contributed by atoms with van der Waals surface area (Å²) in [5, 5.41) is 13.8. The molecule has 132 valence electrons. The summed E-state index contributed by atoms with van der Waals surface area (Å²) in [6, 6.07) is 5.33. The zero-order chi connectivity index (χ0) is 18.2. The number of nitrogens with zero attached hydrogens (tertiary/aromatic N) is 1. The predicted octanol–water partition coefficient (Wildman–Crippen LogP) is 0.835. The van der Waals surface area contributed by atoms with Crippen LogP contribution in [-0.4, -0.2) is 52.4 Å². The minimum absolute atomic E-state index is 0.0441. The summed E-state index contributed by atoms with van der Waals surface area (Å²) in [4.78, 5) is 48.5. The highest BCUT2D eigenvalue weighted by atomic mass is 16.4. The van der Waals surface area contributed by atoms with Crippen LogP contribution in [0.3, 0.4) is 0 Å². The van der Waals surface area contributed by atoms with Crippen LogP contribution >= 0.6 is 0 Å². The van der Waals surface area contributed by atoms with Crippen LogP contribution in [0.4, 0.5) is 4.79 Å². The van der Waals surface area contributed by atoms with Crippen molar-refractivity contribution in [2.24, 2.45) is 5.92 Å². The molecule has 0 saturated carbocycles. The van der Waals surface area contributed by atoms with Crippen LogP contribution in [-0.2, 0) is 4.79 Å². The van der Waals surface area contributed by atoms with Gasteiger partial charge in [0.05, 0.1) is 5.56 Å². The molecule has 0 bridgehead atoms. The predicted molar refractivity (Wildman–Crippen MR) is 87.1 cm³/mol. The van der Waals surface area contributed by atoms with Crippen LogP contribution in [0.1, 0.15) is 40.5 Å². The number of hydrogen-bond acceptors (Lipinski definition) is 4. The van der Waals surface area contributed by atoms with E-state index in [1.54, 1.807) is 11.8 Å². The van der Waals surface area contributed by atoms with Crippen molar-refractivity contribution in [2.75, 3.05) is 13.1 Å². The monoisotopic (exact) mass is 345 g/mol. The van der Waals surface area contributed by atoms with E-state index in [1.165, 1.54) is 24.3 Å². The van der Waals surface area contributed by atoms with Crippen molar-refractivity contribution in [3.63, 3.8) is 0 Å². The molecular formula is C17H19N3O5. The van der Waals surface area contributed by atoms with Crippen molar-refractivity contribution in [1.29, 1.82) is 0 Å². The van der Waals surface area contributed by atoms with E-state index in [9.17, 15) is 19.2 Å². The molecule has 1 aromatic rings. The molecule has 0 aromatic heterocycles. The number of benzene rings is 1. The van der Waals surface area contributed by atoms with E-state index in [0.717, 1.165) is 0 Å². The molecule has 1 aromatic carbocycles. The van der Waals surface area contributed by atoms with E-state index in [2.05, 4.69) is 10.6 Å². The molecule has 0 radical (unpaired) electrons. The lowest BCUT2D eigenvalue weighted by atomic mass is 9.79. The summed E-state index contributed by atoms with van der Waals surface area (Å²) in [5.74, 6) is -1.57. The SMILES string of the molecule is CC1(C2CCN(C(=O)c3ccc(C(=O)O)cc3)CC2)NC(=O)NC1=O. The maximum absolute atomic E-state index is 12.5. The van der Waals surface area contributed by atoms with Gasteiger partial charge in [0.15, 0.2) is 0 Å². The number of aromatic carboxylic acids is 1. The minimum Gasteiger partial charge on any atom is -0.478 e. The molecule has 2 saturated heterocycles. The Morgan fingerprint density at radius 3 is 2.16 bits per heavy atom. The number of urea groups is 1. The topological polar surface area (TPSA) is 116 Å². The third kappa shape index (κ3) is 3.07. The standard InChI is InChI=1S/C17H19N3O5/c1-17(15(24)18-16(25)19-17)12-6-8-20(9-7-12)13(21)10-2-4-11(5-3-10)14(22)23/h2-5,12H,6-9H2,1H3,(H,22,23)(H2,18,19,24,25). The maximum atomic E-state index is 12.5. The Labute approximate surface area is 144 Å². The van der Waals surface area contributed by atoms with Gasteiger partial charge in [0.1, 0.15) is 5.54 Å². The summed E-state index contributed by atoms with van der Waals surface area (Å²) in [6.45, 7) is 2.66. The number of hydrogen-bond donors (Lipinski definition) is 3. The molecule has 2 heterocycles. The second-order valence-corrected chi connectivity index (χ2v) is 6.56. The molecule has 1 unspecified atom stereocenters. The van der Waals surface area contributed by atoms with Gasteiger partial charge < -0.3 is 15.3 Å². The molecular weight excluding hydrogens is 326 g/mol. The van der Waals surface area contributed by atoms with Crippen LogP contribution in [0.5, 0.6) is 0 Å². The number of carboxylic acids is 1. The lowest BCUT2D eigenvalue weighted by Gasteiger charge is -2.38. The molecule has 1 atom stereocenters. The molecule has 2 fully saturated rings. The summed E-state index contributed by atoms with van der Waals surface area (Å²) >= 11 is 0. The van der Waals surface area contributed by atoms with Gasteiger partial charge in [-0.25, -0.2) is 9.59 Å². The highest BCUT2D eigenvalue weighted by Gasteiger charge is 2.48. The molecule has 3 rings (SSSR count). The van der Waals surface area contributed by atoms with Gasteiger partial charge in [-0.1, -0.05) is 0 Å². The molecule has 4 amide bonds. The van der Waals surface area contributed by atoms with Gasteiger partial charge >= 0.3 is 12.0 Å². The second kappa shape index (κ2) is 6.19. The summed E-state index contributed by atoms with van der Waals surface area (Å²) in [7, 11) is 0. The Morgan fingerprint density at radius 1 is 1.12 bits per heavy atom. The average molecular weight is 345 g/mol. The molecule has 0 aliphatic carbocycles. The van der Waals surface area contributed by atoms with Gasteiger partial charge in [-0.2, -0.15) is 0 Å². The van der Waals surface area contributed by atoms with E-state index in [4.69, 9.17) is 5.11 Å². The van der Waals surface area contributed by atoms with Gasteiger partial charge in [-0.3, -0.25) is 14.9 Å². The third-order valence-corrected chi connectivity index (χ3v) is 5.05. The van der Waals surface area contributed by atoms with Crippen LogP contribution < -0.4 is 10.6 Å². The van der Waals surface area contributed by atoms with Gasteiger partial charge in [0.25, 0.3) is 11.8 Å². The van der Waals surface area contributed by atoms with Gasteiger partial charge in [-0.05, 0) is 49.9 Å². The molecule has 2 aliphatic heterocycles. The van der Waals surface area contributed by atoms with Crippen molar-refractivity contribution < 1.29 is 24.3 Å². The first-order valence-corrected chi connectivity index (χ1v) is 8.07. The Bertz CT molecular complexity index is 737. The summed E-state index contributed by atoms with van der Waals surface area (Å²) in [5.41, 5.74) is -0.372. The summed E-state index contributed by atoms with van der Waals surface area (Å²) < 4.78 is 0. The molecule has 0 spiro atoms. The van der Waals surface area contributed by atoms with Crippen molar-refractivity contribution in [3.8, 4) is 0 Å². The lowest BCUT2D eigenvalue weighted by Crippen LogP contribution is -2.54. The Balaban J connectivity index is 1.64. The molecule has 25 heavy (non-hydrogen) atoms. The molecule has 8 nitrogen and oxygen atoms in total. The Kier molecular flexibility index (Phi) is 4.20. The number of imide groups is 1. The number of carboxylic acid groups (broad SMARTS) is 1. The molecule has 2 aliphatic rings. The quantitative estimate of drug-likeness (QED) is 0.702. The fraction of sp³-hybridized carbons (Fsp3) is 0.412. The lowest BCUT2D eigenvalue weighted by molar-refractivity contribution is -0.125. The number of carbonyl (C=O) groups is 4. The van der Waals surface area contributed by atoms with E-state index < -0.39 is 17.5 Å². The van der Waals surface area contributed by atoms with Crippen LogP contribution in [0.2, 0.25) is 0 Å². The normalized spacial score (nSPS) is 24.0. The summed E-state index contributed by atoms with van der Waals surface area (Å²) in [6.07, 6.45) is 1.20. The van der Waals surface area contributed by atoms with Gasteiger partial charge in [0.2, 0.25) is 0 Å². The fourth-order valence-corrected chi connectivity index (χ4v) is 3.44. The zero-order valence-corrected chi connectivity index (χ0v) is 13.7. The van der Waals surface area contributed by atoms with Gasteiger partial charge in [0, 0.05) is 18.7 Å². The van der Waals surface area contributed by atoms with E-state index in [0.29, 0.717) is 31.5 Å². The number of nitrogens with one attached hydrogen (secondary N) is 2. The fourth-order valence-electron chi connectivity index (χ4n) is 3.44. The number of amides is 4. The number of likely N-dealkylation sites (tertiary alicyclic amines) is 1. The van der Waals surface area contributed by atoms with Crippen molar-refractivity contribution in [3.05, 3.63) is 35.4 Å². The third-order valence-electron chi connectivity index (χ3n) is 5.05. The number of carbonyl (C=O) groups excluding carboxylic acids is 3. The van der Waals surface area contributed by atoms with Crippen molar-refractivity contribution in [2.45, 2.75) is 25.3 Å². The molecule has 3 N–H and O–H groups in total. The Morgan fingerprint density at radius 2 is 1.68 bits per heavy atom. The Hall–Kier alpha value is -2.90. The maximum Gasteiger partial charge on any atom is 0.335 e. The first-order valence-electron chi connectivity index (χ1n) is 8.07. The molecule has 8 heteroatoms. The van der Waals surface area contributed by atoms with Crippen molar-refractivity contribution in [1.82, 2.24) is 15.5 Å². The largest absolute Gasteiger partial charge is 0.478 e. The van der Waals surface area contributed by atoms with E-state index >= 15 is 0 Å². The smallest absolute Gasteiger partial charge is 0.335 e. The van der Waals surface area contributed by atoms with Gasteiger partial charge in [-0.15, -0.1) is 0 Å². The van der Waals surface area contributed by atoms with E-state index in [-0.39, 0.29) is 23.3 Å². The van der Waals surface area contributed by atoms with Crippen LogP contribution in [0, 0.1) is 5.92 Å². The van der Waals surface area contributed by atoms with E-state index in [1.807, 2.05) is 0 Å². The van der Waals surface area contributed by atoms with Crippen LogP contribution in [0.15, 0.2) is 24.3 Å². The minimum atomic E-state index is -1.04. The highest BCUT2D eigenvalue weighted by Crippen LogP contribution is 2.31. The highest BCUT2D eigenvalue weighted by molar-refractivity contribution is 6.07. The number of rotatable bonds is 3. The van der Waals surface area contributed by atoms with Crippen LogP contribution in [0.25, 0.3) is 0 Å². The first-order chi connectivity index (χ1) is 11.8. The van der Waals surface area contributed by atoms with Crippen molar-refractivity contribution >= 4 is 23.8 Å². The zero-order valence-electron chi connectivity index (χ0n) is 13.7. The second-order valence-electron chi connectivity index (χ2n) is 6.56. The average Bonchev–Trinajstić information content (AvgIpc) is 2.87. The number of piperidine rings is 1. The first kappa shape index (κ1) is 16.9.